The summed E-state index contributed by atoms with van der Waals surface area (Å²) >= 11 is 0. The summed E-state index contributed by atoms with van der Waals surface area (Å²) in [5.74, 6) is -1.85. The van der Waals surface area contributed by atoms with Crippen molar-refractivity contribution in [1.82, 2.24) is 5.43 Å². The third kappa shape index (κ3) is 3.85. The number of nitrogens with zero attached hydrogens (tertiary/aromatic N) is 1. The van der Waals surface area contributed by atoms with Gasteiger partial charge in [0.25, 0.3) is 16.0 Å². The molecular weight excluding hydrogens is 458 g/mol. The van der Waals surface area contributed by atoms with Crippen molar-refractivity contribution in [3.8, 4) is 0 Å². The molecule has 4 N–H and O–H groups in total. The van der Waals surface area contributed by atoms with Crippen LogP contribution in [0.4, 0.5) is 17.1 Å². The molecule has 0 saturated carbocycles. The fourth-order valence-electron chi connectivity index (χ4n) is 3.80. The summed E-state index contributed by atoms with van der Waals surface area (Å²) in [6.45, 7) is 1.63. The molecule has 34 heavy (non-hydrogen) atoms. The van der Waals surface area contributed by atoms with Gasteiger partial charge in [-0.05, 0) is 25.1 Å². The lowest BCUT2D eigenvalue weighted by molar-refractivity contribution is -0.116. The first kappa shape index (κ1) is 22.9. The van der Waals surface area contributed by atoms with Crippen molar-refractivity contribution < 1.29 is 27.4 Å². The first-order chi connectivity index (χ1) is 16.1. The number of hydrogen-bond acceptors (Lipinski definition) is 7. The van der Waals surface area contributed by atoms with E-state index >= 15 is 0 Å². The maximum atomic E-state index is 13.6. The van der Waals surface area contributed by atoms with Gasteiger partial charge in [0.2, 0.25) is 0 Å². The van der Waals surface area contributed by atoms with Crippen molar-refractivity contribution in [2.75, 3.05) is 10.7 Å². The van der Waals surface area contributed by atoms with E-state index in [0.29, 0.717) is 5.69 Å². The summed E-state index contributed by atoms with van der Waals surface area (Å²) in [5, 5.41) is 1.17. The van der Waals surface area contributed by atoms with Gasteiger partial charge in [0, 0.05) is 17.2 Å². The molecule has 3 aromatic rings. The number of hydrogen-bond donors (Lipinski definition) is 3. The standard InChI is InChI=1S/C24H19N3O6S/c1-2-8-19(28)26-27(14-9-4-3-5-10-14)17-13-18(34(31,32)33)22(25)21-20(17)23(29)15-11-6-7-12-16(15)24(21)30/h2-13H,25H2,1H3,(H,26,28)(H,31,32,33). The lowest BCUT2D eigenvalue weighted by Crippen LogP contribution is -2.40. The van der Waals surface area contributed by atoms with E-state index in [9.17, 15) is 27.4 Å². The SMILES string of the molecule is CC=CC(=O)NN(c1ccccc1)c1cc(S(=O)(=O)O)c(N)c2c1C(=O)c1ccccc1C2=O. The fourth-order valence-corrected chi connectivity index (χ4v) is 4.44. The van der Waals surface area contributed by atoms with Crippen molar-refractivity contribution >= 4 is 44.7 Å². The van der Waals surface area contributed by atoms with Crippen LogP contribution in [0.5, 0.6) is 0 Å². The van der Waals surface area contributed by atoms with Crippen molar-refractivity contribution in [2.45, 2.75) is 11.8 Å². The molecule has 0 radical (unpaired) electrons. The summed E-state index contributed by atoms with van der Waals surface area (Å²) in [6.07, 6.45) is 2.72. The number of hydrazine groups is 1. The topological polar surface area (TPSA) is 147 Å². The number of carbonyl (C=O) groups excluding carboxylic acids is 3. The number of nitrogens with two attached hydrogens (primary N) is 1. The summed E-state index contributed by atoms with van der Waals surface area (Å²) in [7, 11) is -4.90. The number of allylic oxidation sites excluding steroid dienone is 1. The Balaban J connectivity index is 2.10. The molecule has 0 spiro atoms. The van der Waals surface area contributed by atoms with Gasteiger partial charge in [-0.15, -0.1) is 0 Å². The molecule has 1 aliphatic rings. The number of amides is 1. The van der Waals surface area contributed by atoms with Gasteiger partial charge < -0.3 is 5.73 Å². The summed E-state index contributed by atoms with van der Waals surface area (Å²) in [5.41, 5.74) is 7.86. The average Bonchev–Trinajstić information content (AvgIpc) is 2.81. The van der Waals surface area contributed by atoms with Gasteiger partial charge in [0.05, 0.1) is 28.2 Å². The van der Waals surface area contributed by atoms with Crippen LogP contribution in [-0.2, 0) is 14.9 Å². The molecule has 172 valence electrons. The number of ketones is 2. The average molecular weight is 477 g/mol. The van der Waals surface area contributed by atoms with E-state index in [4.69, 9.17) is 5.73 Å². The smallest absolute Gasteiger partial charge is 0.296 e. The van der Waals surface area contributed by atoms with Gasteiger partial charge in [-0.1, -0.05) is 48.5 Å². The van der Waals surface area contributed by atoms with Gasteiger partial charge in [-0.3, -0.25) is 29.4 Å². The zero-order valence-corrected chi connectivity index (χ0v) is 18.7. The number of benzene rings is 3. The molecule has 0 fully saturated rings. The highest BCUT2D eigenvalue weighted by Crippen LogP contribution is 2.41. The fraction of sp³-hybridized carbons (Fsp3) is 0.0417. The predicted molar refractivity (Wildman–Crippen MR) is 126 cm³/mol. The number of para-hydroxylation sites is 1. The highest BCUT2D eigenvalue weighted by molar-refractivity contribution is 7.86. The lowest BCUT2D eigenvalue weighted by Gasteiger charge is -2.30. The van der Waals surface area contributed by atoms with Gasteiger partial charge >= 0.3 is 0 Å². The van der Waals surface area contributed by atoms with E-state index in [-0.39, 0.29) is 27.9 Å². The molecule has 10 heteroatoms. The predicted octanol–water partition coefficient (Wildman–Crippen LogP) is 3.04. The molecular formula is C24H19N3O6S. The van der Waals surface area contributed by atoms with Crippen molar-refractivity contribution in [2.24, 2.45) is 0 Å². The molecule has 9 nitrogen and oxygen atoms in total. The van der Waals surface area contributed by atoms with Crippen LogP contribution < -0.4 is 16.2 Å². The van der Waals surface area contributed by atoms with Crippen LogP contribution in [0.1, 0.15) is 38.8 Å². The molecule has 0 heterocycles. The third-order valence-electron chi connectivity index (χ3n) is 5.25. The van der Waals surface area contributed by atoms with E-state index in [1.807, 2.05) is 0 Å². The second kappa shape index (κ2) is 8.58. The van der Waals surface area contributed by atoms with Crippen molar-refractivity contribution in [3.63, 3.8) is 0 Å². The van der Waals surface area contributed by atoms with Gasteiger partial charge in [0.15, 0.2) is 11.6 Å². The van der Waals surface area contributed by atoms with Crippen LogP contribution in [0.25, 0.3) is 0 Å². The molecule has 0 bridgehead atoms. The Morgan fingerprint density at radius 2 is 1.53 bits per heavy atom. The van der Waals surface area contributed by atoms with Crippen LogP contribution in [-0.4, -0.2) is 30.4 Å². The number of nitrogen functional groups attached to an aromatic ring is 1. The highest BCUT2D eigenvalue weighted by Gasteiger charge is 2.38. The van der Waals surface area contributed by atoms with Crippen LogP contribution in [0.15, 0.2) is 77.7 Å². The largest absolute Gasteiger partial charge is 0.397 e. The Bertz CT molecular complexity index is 1480. The van der Waals surface area contributed by atoms with Gasteiger partial charge in [0.1, 0.15) is 4.90 Å². The van der Waals surface area contributed by atoms with Crippen LogP contribution >= 0.6 is 0 Å². The van der Waals surface area contributed by atoms with Gasteiger partial charge in [-0.2, -0.15) is 8.42 Å². The minimum absolute atomic E-state index is 0.0503. The van der Waals surface area contributed by atoms with Crippen LogP contribution in [0.3, 0.4) is 0 Å². The molecule has 1 amide bonds. The van der Waals surface area contributed by atoms with Gasteiger partial charge in [-0.25, -0.2) is 0 Å². The monoisotopic (exact) mass is 477 g/mol. The maximum absolute atomic E-state index is 13.6. The molecule has 1 aliphatic carbocycles. The normalized spacial score (nSPS) is 12.9. The Morgan fingerprint density at radius 1 is 0.971 bits per heavy atom. The molecule has 3 aromatic carbocycles. The quantitative estimate of drug-likeness (QED) is 0.172. The minimum atomic E-state index is -4.90. The van der Waals surface area contributed by atoms with Crippen LogP contribution in [0, 0.1) is 0 Å². The van der Waals surface area contributed by atoms with E-state index < -0.39 is 38.2 Å². The number of rotatable bonds is 5. The molecule has 0 atom stereocenters. The zero-order chi connectivity index (χ0) is 24.6. The number of nitrogens with one attached hydrogen (secondary N) is 1. The number of carbonyl (C=O) groups is 3. The van der Waals surface area contributed by atoms with Crippen LogP contribution in [0.2, 0.25) is 0 Å². The zero-order valence-electron chi connectivity index (χ0n) is 17.8. The Hall–Kier alpha value is -4.28. The first-order valence-corrected chi connectivity index (χ1v) is 11.5. The van der Waals surface area contributed by atoms with Crippen molar-refractivity contribution in [3.05, 3.63) is 95.1 Å². The highest BCUT2D eigenvalue weighted by atomic mass is 32.2. The second-order valence-electron chi connectivity index (χ2n) is 7.38. The Kier molecular flexibility index (Phi) is 5.78. The Morgan fingerprint density at radius 3 is 2.09 bits per heavy atom. The van der Waals surface area contributed by atoms with E-state index in [1.54, 1.807) is 49.4 Å². The minimum Gasteiger partial charge on any atom is -0.397 e. The van der Waals surface area contributed by atoms with Crippen molar-refractivity contribution in [1.29, 1.82) is 0 Å². The first-order valence-electron chi connectivity index (χ1n) is 10.1. The second-order valence-corrected chi connectivity index (χ2v) is 8.77. The molecule has 0 aromatic heterocycles. The molecule has 0 saturated heterocycles. The Labute approximate surface area is 195 Å². The van der Waals surface area contributed by atoms with E-state index in [2.05, 4.69) is 5.43 Å². The molecule has 0 unspecified atom stereocenters. The third-order valence-corrected chi connectivity index (χ3v) is 6.15. The number of fused-ring (bicyclic) bond motifs is 2. The summed E-state index contributed by atoms with van der Waals surface area (Å²) in [6, 6.07) is 15.3. The maximum Gasteiger partial charge on any atom is 0.296 e. The molecule has 0 aliphatic heterocycles. The van der Waals surface area contributed by atoms with E-state index in [0.717, 1.165) is 6.07 Å². The molecule has 4 rings (SSSR count). The summed E-state index contributed by atoms with van der Waals surface area (Å²) < 4.78 is 34.2. The lowest BCUT2D eigenvalue weighted by atomic mass is 9.82. The summed E-state index contributed by atoms with van der Waals surface area (Å²) in [4.78, 5) is 38.6. The number of anilines is 3. The van der Waals surface area contributed by atoms with E-state index in [1.165, 1.54) is 29.3 Å².